The Kier molecular flexibility index (Phi) is 4.26. The predicted octanol–water partition coefficient (Wildman–Crippen LogP) is 3.26. The van der Waals surface area contributed by atoms with E-state index in [1.165, 1.54) is 7.05 Å². The van der Waals surface area contributed by atoms with E-state index < -0.39 is 33.9 Å². The minimum atomic E-state index is -1.28. The van der Waals surface area contributed by atoms with Crippen LogP contribution in [-0.4, -0.2) is 21.9 Å². The molecule has 0 aliphatic heterocycles. The molecule has 0 unspecified atom stereocenters. The molecule has 0 amide bonds. The first-order chi connectivity index (χ1) is 9.93. The van der Waals surface area contributed by atoms with Crippen LogP contribution < -0.4 is 10.1 Å². The van der Waals surface area contributed by atoms with E-state index in [4.69, 9.17) is 4.74 Å². The molecule has 1 aromatic heterocycles. The standard InChI is InChI=1S/C11H7BrF2N4O3/c1-15-10-9(18(19)20)11(17-4-16-10)21-7-3-5(12)2-6(13)8(7)14/h2-4H,1H3,(H,15,16,17). The van der Waals surface area contributed by atoms with E-state index >= 15 is 0 Å². The van der Waals surface area contributed by atoms with Crippen molar-refractivity contribution in [3.8, 4) is 11.6 Å². The van der Waals surface area contributed by atoms with Gasteiger partial charge in [-0.1, -0.05) is 15.9 Å². The van der Waals surface area contributed by atoms with E-state index in [1.54, 1.807) is 0 Å². The Morgan fingerprint density at radius 2 is 2.10 bits per heavy atom. The van der Waals surface area contributed by atoms with Crippen LogP contribution in [0, 0.1) is 21.7 Å². The Morgan fingerprint density at radius 3 is 2.71 bits per heavy atom. The smallest absolute Gasteiger partial charge is 0.373 e. The number of benzene rings is 1. The number of halogens is 3. The van der Waals surface area contributed by atoms with Crippen LogP contribution in [0.3, 0.4) is 0 Å². The number of rotatable bonds is 4. The van der Waals surface area contributed by atoms with E-state index in [1.807, 2.05) is 0 Å². The highest BCUT2D eigenvalue weighted by Gasteiger charge is 2.25. The van der Waals surface area contributed by atoms with Gasteiger partial charge in [0.2, 0.25) is 11.6 Å². The normalized spacial score (nSPS) is 10.3. The second kappa shape index (κ2) is 5.95. The molecule has 0 aliphatic rings. The molecule has 7 nitrogen and oxygen atoms in total. The van der Waals surface area contributed by atoms with Crippen LogP contribution >= 0.6 is 15.9 Å². The van der Waals surface area contributed by atoms with Crippen molar-refractivity contribution in [3.05, 3.63) is 44.7 Å². The van der Waals surface area contributed by atoms with Gasteiger partial charge in [-0.15, -0.1) is 0 Å². The molecule has 0 spiro atoms. The molecular weight excluding hydrogens is 354 g/mol. The van der Waals surface area contributed by atoms with Crippen molar-refractivity contribution in [2.45, 2.75) is 0 Å². The van der Waals surface area contributed by atoms with Crippen LogP contribution in [0.1, 0.15) is 0 Å². The number of anilines is 1. The van der Waals surface area contributed by atoms with Crippen LogP contribution in [0.15, 0.2) is 22.9 Å². The molecule has 0 radical (unpaired) electrons. The van der Waals surface area contributed by atoms with Crippen LogP contribution in [-0.2, 0) is 0 Å². The molecule has 1 aromatic carbocycles. The second-order valence-corrected chi connectivity index (χ2v) is 4.60. The Labute approximate surface area is 125 Å². The molecule has 10 heteroatoms. The fraction of sp³-hybridized carbons (Fsp3) is 0.0909. The molecule has 2 rings (SSSR count). The van der Waals surface area contributed by atoms with Crippen LogP contribution in [0.25, 0.3) is 0 Å². The van der Waals surface area contributed by atoms with Crippen molar-refractivity contribution in [2.24, 2.45) is 0 Å². The van der Waals surface area contributed by atoms with Crippen molar-refractivity contribution in [3.63, 3.8) is 0 Å². The highest BCUT2D eigenvalue weighted by molar-refractivity contribution is 9.10. The number of hydrogen-bond acceptors (Lipinski definition) is 6. The Hall–Kier alpha value is -2.36. The van der Waals surface area contributed by atoms with Gasteiger partial charge in [0.15, 0.2) is 11.6 Å². The van der Waals surface area contributed by atoms with E-state index in [0.717, 1.165) is 18.5 Å². The summed E-state index contributed by atoms with van der Waals surface area (Å²) in [5.41, 5.74) is -0.584. The number of aromatic nitrogens is 2. The van der Waals surface area contributed by atoms with Gasteiger partial charge in [-0.2, -0.15) is 9.37 Å². The minimum Gasteiger partial charge on any atom is -0.430 e. The molecule has 110 valence electrons. The number of nitrogens with one attached hydrogen (secondary N) is 1. The summed E-state index contributed by atoms with van der Waals surface area (Å²) in [7, 11) is 1.42. The predicted molar refractivity (Wildman–Crippen MR) is 72.4 cm³/mol. The summed E-state index contributed by atoms with van der Waals surface area (Å²) in [4.78, 5) is 17.5. The largest absolute Gasteiger partial charge is 0.430 e. The van der Waals surface area contributed by atoms with E-state index in [0.29, 0.717) is 0 Å². The third-order valence-electron chi connectivity index (χ3n) is 2.37. The van der Waals surface area contributed by atoms with Gasteiger partial charge in [-0.25, -0.2) is 9.37 Å². The second-order valence-electron chi connectivity index (χ2n) is 3.68. The van der Waals surface area contributed by atoms with Crippen molar-refractivity contribution < 1.29 is 18.4 Å². The molecule has 1 N–H and O–H groups in total. The van der Waals surface area contributed by atoms with Crippen LogP contribution in [0.4, 0.5) is 20.3 Å². The van der Waals surface area contributed by atoms with Crippen molar-refractivity contribution >= 4 is 27.4 Å². The number of hydrogen-bond donors (Lipinski definition) is 1. The molecule has 1 heterocycles. The first-order valence-electron chi connectivity index (χ1n) is 5.43. The molecule has 0 aliphatic carbocycles. The first kappa shape index (κ1) is 15.0. The summed E-state index contributed by atoms with van der Waals surface area (Å²) >= 11 is 2.97. The van der Waals surface area contributed by atoms with Crippen LogP contribution in [0.2, 0.25) is 0 Å². The SMILES string of the molecule is CNc1ncnc(Oc2cc(Br)cc(F)c2F)c1[N+](=O)[O-]. The molecule has 21 heavy (non-hydrogen) atoms. The molecule has 0 saturated heterocycles. The Balaban J connectivity index is 2.52. The highest BCUT2D eigenvalue weighted by Crippen LogP contribution is 2.36. The van der Waals surface area contributed by atoms with Gasteiger partial charge in [-0.3, -0.25) is 10.1 Å². The Bertz CT molecular complexity index is 714. The van der Waals surface area contributed by atoms with E-state index in [9.17, 15) is 18.9 Å². The maximum absolute atomic E-state index is 13.6. The topological polar surface area (TPSA) is 90.2 Å². The molecule has 0 fully saturated rings. The summed E-state index contributed by atoms with van der Waals surface area (Å²) in [6, 6.07) is 2.03. The van der Waals surface area contributed by atoms with Gasteiger partial charge < -0.3 is 10.1 Å². The lowest BCUT2D eigenvalue weighted by atomic mass is 10.3. The van der Waals surface area contributed by atoms with Gasteiger partial charge in [0.05, 0.1) is 4.92 Å². The third-order valence-corrected chi connectivity index (χ3v) is 2.83. The number of nitro groups is 1. The summed E-state index contributed by atoms with van der Waals surface area (Å²) in [6.45, 7) is 0. The Morgan fingerprint density at radius 1 is 1.38 bits per heavy atom. The summed E-state index contributed by atoms with van der Waals surface area (Å²) < 4.78 is 32.2. The lowest BCUT2D eigenvalue weighted by molar-refractivity contribution is -0.385. The fourth-order valence-corrected chi connectivity index (χ4v) is 1.90. The monoisotopic (exact) mass is 360 g/mol. The fourth-order valence-electron chi connectivity index (χ4n) is 1.50. The average molecular weight is 361 g/mol. The zero-order chi connectivity index (χ0) is 15.6. The quantitative estimate of drug-likeness (QED) is 0.511. The first-order valence-corrected chi connectivity index (χ1v) is 6.23. The average Bonchev–Trinajstić information content (AvgIpc) is 2.43. The maximum atomic E-state index is 13.6. The van der Waals surface area contributed by atoms with Crippen molar-refractivity contribution in [1.29, 1.82) is 0 Å². The lowest BCUT2D eigenvalue weighted by Crippen LogP contribution is -2.04. The van der Waals surface area contributed by atoms with Gasteiger partial charge >= 0.3 is 11.6 Å². The van der Waals surface area contributed by atoms with Gasteiger partial charge in [0.1, 0.15) is 6.33 Å². The highest BCUT2D eigenvalue weighted by atomic mass is 79.9. The summed E-state index contributed by atoms with van der Waals surface area (Å²) in [5.74, 6) is -3.59. The molecular formula is C11H7BrF2N4O3. The molecule has 0 bridgehead atoms. The summed E-state index contributed by atoms with van der Waals surface area (Å²) in [6.07, 6.45) is 1.00. The lowest BCUT2D eigenvalue weighted by Gasteiger charge is -2.08. The minimum absolute atomic E-state index is 0.110. The van der Waals surface area contributed by atoms with Crippen molar-refractivity contribution in [2.75, 3.05) is 12.4 Å². The van der Waals surface area contributed by atoms with Crippen LogP contribution in [0.5, 0.6) is 11.6 Å². The van der Waals surface area contributed by atoms with Crippen molar-refractivity contribution in [1.82, 2.24) is 9.97 Å². The zero-order valence-electron chi connectivity index (χ0n) is 10.4. The van der Waals surface area contributed by atoms with E-state index in [-0.39, 0.29) is 10.3 Å². The summed E-state index contributed by atoms with van der Waals surface area (Å²) in [5, 5.41) is 13.5. The van der Waals surface area contributed by atoms with E-state index in [2.05, 4.69) is 31.2 Å². The van der Waals surface area contributed by atoms with Gasteiger partial charge in [-0.05, 0) is 12.1 Å². The van der Waals surface area contributed by atoms with Gasteiger partial charge in [0, 0.05) is 11.5 Å². The van der Waals surface area contributed by atoms with Gasteiger partial charge in [0.25, 0.3) is 0 Å². The molecule has 0 saturated carbocycles. The number of ether oxygens (including phenoxy) is 1. The maximum Gasteiger partial charge on any atom is 0.373 e. The molecule has 2 aromatic rings. The third kappa shape index (κ3) is 3.05. The number of nitrogens with zero attached hydrogens (tertiary/aromatic N) is 3. The zero-order valence-corrected chi connectivity index (χ0v) is 12.0. The molecule has 0 atom stereocenters.